The lowest BCUT2D eigenvalue weighted by Gasteiger charge is -2.17. The van der Waals surface area contributed by atoms with Crippen LogP contribution in [0.2, 0.25) is 0 Å². The Labute approximate surface area is 191 Å². The van der Waals surface area contributed by atoms with Gasteiger partial charge in [0.15, 0.2) is 5.96 Å². The van der Waals surface area contributed by atoms with Gasteiger partial charge < -0.3 is 20.1 Å². The van der Waals surface area contributed by atoms with Gasteiger partial charge in [0.2, 0.25) is 10.0 Å². The molecule has 0 saturated carbocycles. The number of sulfonamides is 1. The first-order valence-corrected chi connectivity index (χ1v) is 11.0. The molecular weight excluding hydrogens is 507 g/mol. The van der Waals surface area contributed by atoms with Gasteiger partial charge in [0.1, 0.15) is 0 Å². The van der Waals surface area contributed by atoms with Crippen molar-refractivity contribution in [3.8, 4) is 0 Å². The summed E-state index contributed by atoms with van der Waals surface area (Å²) in [4.78, 5) is 4.49. The van der Waals surface area contributed by atoms with E-state index < -0.39 is 10.0 Å². The average Bonchev–Trinajstić information content (AvgIpc) is 3.20. The molecule has 1 aliphatic heterocycles. The molecule has 1 aliphatic rings. The fourth-order valence-corrected chi connectivity index (χ4v) is 3.96. The van der Waals surface area contributed by atoms with Crippen LogP contribution in [0, 0.1) is 5.92 Å². The van der Waals surface area contributed by atoms with Gasteiger partial charge in [-0.25, -0.2) is 12.7 Å². The number of hydrogen-bond donors (Lipinski definition) is 2. The second-order valence-corrected chi connectivity index (χ2v) is 9.03. The van der Waals surface area contributed by atoms with E-state index in [2.05, 4.69) is 15.6 Å². The number of nitrogens with zero attached hydrogens (tertiary/aromatic N) is 2. The van der Waals surface area contributed by atoms with Crippen LogP contribution in [0.15, 0.2) is 34.2 Å². The second-order valence-electron chi connectivity index (χ2n) is 6.91. The van der Waals surface area contributed by atoms with Crippen molar-refractivity contribution in [2.24, 2.45) is 10.9 Å². The van der Waals surface area contributed by atoms with Gasteiger partial charge in [-0.2, -0.15) is 0 Å². The molecule has 2 N–H and O–H groups in total. The predicted octanol–water partition coefficient (Wildman–Crippen LogP) is 1.66. The van der Waals surface area contributed by atoms with E-state index >= 15 is 0 Å². The molecule has 0 aliphatic carbocycles. The number of ether oxygens (including phenoxy) is 2. The highest BCUT2D eigenvalue weighted by Crippen LogP contribution is 2.18. The molecule has 1 unspecified atom stereocenters. The molecule has 0 bridgehead atoms. The Morgan fingerprint density at radius 3 is 2.72 bits per heavy atom. The summed E-state index contributed by atoms with van der Waals surface area (Å²) in [6.07, 6.45) is 1.94. The summed E-state index contributed by atoms with van der Waals surface area (Å²) in [6.45, 7) is 4.17. The normalized spacial score (nSPS) is 17.2. The number of halogens is 1. The van der Waals surface area contributed by atoms with Crippen molar-refractivity contribution in [3.05, 3.63) is 29.8 Å². The third-order valence-electron chi connectivity index (χ3n) is 4.54. The zero-order chi connectivity index (χ0) is 20.4. The van der Waals surface area contributed by atoms with Crippen molar-refractivity contribution >= 4 is 40.0 Å². The molecule has 1 fully saturated rings. The Morgan fingerprint density at radius 1 is 1.31 bits per heavy atom. The molecule has 1 aromatic rings. The first kappa shape index (κ1) is 26.1. The van der Waals surface area contributed by atoms with Crippen LogP contribution in [0.1, 0.15) is 18.4 Å². The van der Waals surface area contributed by atoms with E-state index in [9.17, 15) is 8.42 Å². The van der Waals surface area contributed by atoms with E-state index in [1.54, 1.807) is 25.2 Å². The molecule has 2 rings (SSSR count). The maximum absolute atomic E-state index is 12.5. The number of rotatable bonds is 10. The summed E-state index contributed by atoms with van der Waals surface area (Å²) in [5.41, 5.74) is 0.696. The van der Waals surface area contributed by atoms with Crippen LogP contribution < -0.4 is 10.6 Å². The van der Waals surface area contributed by atoms with E-state index in [0.717, 1.165) is 39.2 Å². The number of nitrogens with one attached hydrogen (secondary N) is 2. The van der Waals surface area contributed by atoms with Gasteiger partial charge in [-0.05, 0) is 24.5 Å². The topological polar surface area (TPSA) is 92.3 Å². The summed E-state index contributed by atoms with van der Waals surface area (Å²) >= 11 is 0. The molecule has 10 heteroatoms. The number of hydrogen-bond acceptors (Lipinski definition) is 5. The quantitative estimate of drug-likeness (QED) is 0.203. The first-order chi connectivity index (χ1) is 13.4. The van der Waals surface area contributed by atoms with E-state index in [0.29, 0.717) is 35.5 Å². The largest absolute Gasteiger partial charge is 0.381 e. The summed E-state index contributed by atoms with van der Waals surface area (Å²) in [5.74, 6) is 1.15. The van der Waals surface area contributed by atoms with Crippen molar-refractivity contribution in [2.75, 3.05) is 54.1 Å². The van der Waals surface area contributed by atoms with Gasteiger partial charge in [-0.1, -0.05) is 18.2 Å². The molecule has 29 heavy (non-hydrogen) atoms. The minimum atomic E-state index is -3.49. The molecule has 0 aromatic heterocycles. The Morgan fingerprint density at radius 2 is 2.07 bits per heavy atom. The standard InChI is InChI=1S/C19H32N4O4S.HI/c1-20-19(21-10-6-11-26-14-16-9-12-27-15-16)22-13-17-7-4-5-8-18(17)28(24,25)23(2)3;/h4-5,7-8,16H,6,9-15H2,1-3H3,(H2,20,21,22);1H. The van der Waals surface area contributed by atoms with Crippen molar-refractivity contribution in [1.29, 1.82) is 0 Å². The fourth-order valence-electron chi connectivity index (χ4n) is 2.84. The molecule has 0 radical (unpaired) electrons. The van der Waals surface area contributed by atoms with Gasteiger partial charge in [0.25, 0.3) is 0 Å². The first-order valence-electron chi connectivity index (χ1n) is 9.55. The summed E-state index contributed by atoms with van der Waals surface area (Å²) < 4.78 is 37.2. The monoisotopic (exact) mass is 540 g/mol. The van der Waals surface area contributed by atoms with Gasteiger partial charge in [-0.3, -0.25) is 4.99 Å². The Hall–Kier alpha value is -0.950. The molecule has 0 amide bonds. The predicted molar refractivity (Wildman–Crippen MR) is 125 cm³/mol. The number of benzene rings is 1. The van der Waals surface area contributed by atoms with E-state index in [1.165, 1.54) is 18.4 Å². The lowest BCUT2D eigenvalue weighted by molar-refractivity contribution is 0.0888. The van der Waals surface area contributed by atoms with Crippen molar-refractivity contribution in [1.82, 2.24) is 14.9 Å². The highest BCUT2D eigenvalue weighted by atomic mass is 127. The van der Waals surface area contributed by atoms with Crippen molar-refractivity contribution in [2.45, 2.75) is 24.3 Å². The average molecular weight is 540 g/mol. The van der Waals surface area contributed by atoms with Crippen LogP contribution in [0.5, 0.6) is 0 Å². The van der Waals surface area contributed by atoms with Gasteiger partial charge >= 0.3 is 0 Å². The minimum Gasteiger partial charge on any atom is -0.381 e. The van der Waals surface area contributed by atoms with E-state index in [4.69, 9.17) is 9.47 Å². The van der Waals surface area contributed by atoms with Crippen LogP contribution >= 0.6 is 24.0 Å². The van der Waals surface area contributed by atoms with Gasteiger partial charge in [-0.15, -0.1) is 24.0 Å². The maximum atomic E-state index is 12.5. The van der Waals surface area contributed by atoms with Gasteiger partial charge in [0, 0.05) is 53.4 Å². The molecule has 1 saturated heterocycles. The third kappa shape index (κ3) is 8.36. The Bertz CT molecular complexity index is 737. The third-order valence-corrected chi connectivity index (χ3v) is 6.45. The second kappa shape index (κ2) is 13.4. The summed E-state index contributed by atoms with van der Waals surface area (Å²) in [6, 6.07) is 6.98. The molecule has 1 atom stereocenters. The number of guanidine groups is 1. The highest BCUT2D eigenvalue weighted by molar-refractivity contribution is 14.0. The van der Waals surface area contributed by atoms with Crippen LogP contribution in [0.3, 0.4) is 0 Å². The number of aliphatic imine (C=N–C) groups is 1. The SMILES string of the molecule is CN=C(NCCCOCC1CCOC1)NCc1ccccc1S(=O)(=O)N(C)C.I. The molecule has 1 heterocycles. The summed E-state index contributed by atoms with van der Waals surface area (Å²) in [5, 5.41) is 6.39. The molecule has 166 valence electrons. The van der Waals surface area contributed by atoms with Crippen LogP contribution in [-0.4, -0.2) is 72.8 Å². The molecule has 1 aromatic carbocycles. The van der Waals surface area contributed by atoms with E-state index in [1.807, 2.05) is 6.07 Å². The fraction of sp³-hybridized carbons (Fsp3) is 0.632. The van der Waals surface area contributed by atoms with Crippen molar-refractivity contribution in [3.63, 3.8) is 0 Å². The summed E-state index contributed by atoms with van der Waals surface area (Å²) in [7, 11) is 1.26. The highest BCUT2D eigenvalue weighted by Gasteiger charge is 2.20. The zero-order valence-electron chi connectivity index (χ0n) is 17.4. The van der Waals surface area contributed by atoms with Crippen molar-refractivity contribution < 1.29 is 17.9 Å². The Kier molecular flexibility index (Phi) is 12.0. The zero-order valence-corrected chi connectivity index (χ0v) is 20.5. The smallest absolute Gasteiger partial charge is 0.242 e. The van der Waals surface area contributed by atoms with Gasteiger partial charge in [0.05, 0.1) is 18.1 Å². The lowest BCUT2D eigenvalue weighted by Crippen LogP contribution is -2.38. The van der Waals surface area contributed by atoms with E-state index in [-0.39, 0.29) is 24.0 Å². The lowest BCUT2D eigenvalue weighted by atomic mass is 10.1. The molecule has 8 nitrogen and oxygen atoms in total. The molecule has 0 spiro atoms. The van der Waals surface area contributed by atoms with Crippen LogP contribution in [0.4, 0.5) is 0 Å². The van der Waals surface area contributed by atoms with Crippen LogP contribution in [0.25, 0.3) is 0 Å². The van der Waals surface area contributed by atoms with Crippen LogP contribution in [-0.2, 0) is 26.0 Å². The minimum absolute atomic E-state index is 0. The molecular formula is C19H33IN4O4S. The maximum Gasteiger partial charge on any atom is 0.242 e. The Balaban J connectivity index is 0.00000420.